The number of hydrogen-bond acceptors (Lipinski definition) is 6. The Hall–Kier alpha value is -1.36. The van der Waals surface area contributed by atoms with Crippen LogP contribution in [0.2, 0.25) is 0 Å². The molecule has 8 nitrogen and oxygen atoms in total. The Morgan fingerprint density at radius 2 is 1.88 bits per heavy atom. The number of anilines is 1. The van der Waals surface area contributed by atoms with Gasteiger partial charge < -0.3 is 9.47 Å². The van der Waals surface area contributed by atoms with Crippen LogP contribution in [-0.2, 0) is 24.8 Å². The standard InChI is InChI=1S/C14H22N2O6S2/c1-3-10-23(17,18)15-13-11-12(4-5-14(13)21-2)24(19,20)16-6-8-22-9-7-16/h4-5,11,15H,3,6-10H2,1-2H3. The number of benzene rings is 1. The van der Waals surface area contributed by atoms with E-state index >= 15 is 0 Å². The van der Waals surface area contributed by atoms with Crippen molar-refractivity contribution in [3.05, 3.63) is 18.2 Å². The van der Waals surface area contributed by atoms with Gasteiger partial charge in [-0.05, 0) is 24.6 Å². The van der Waals surface area contributed by atoms with E-state index in [1.165, 1.54) is 29.6 Å². The molecule has 0 aromatic heterocycles. The maximum atomic E-state index is 12.7. The first-order chi connectivity index (χ1) is 11.3. The van der Waals surface area contributed by atoms with E-state index in [1.54, 1.807) is 6.92 Å². The van der Waals surface area contributed by atoms with E-state index in [0.29, 0.717) is 19.6 Å². The smallest absolute Gasteiger partial charge is 0.243 e. The number of methoxy groups -OCH3 is 1. The summed E-state index contributed by atoms with van der Waals surface area (Å²) in [6, 6.07) is 4.13. The van der Waals surface area contributed by atoms with Crippen molar-refractivity contribution in [1.29, 1.82) is 0 Å². The molecule has 0 spiro atoms. The zero-order valence-electron chi connectivity index (χ0n) is 13.7. The third-order valence-corrected chi connectivity index (χ3v) is 6.89. The minimum Gasteiger partial charge on any atom is -0.495 e. The Morgan fingerprint density at radius 1 is 1.21 bits per heavy atom. The van der Waals surface area contributed by atoms with Crippen LogP contribution in [0.1, 0.15) is 13.3 Å². The lowest BCUT2D eigenvalue weighted by atomic mass is 10.3. The highest BCUT2D eigenvalue weighted by molar-refractivity contribution is 7.92. The van der Waals surface area contributed by atoms with Crippen molar-refractivity contribution in [3.8, 4) is 5.75 Å². The predicted octanol–water partition coefficient (Wildman–Crippen LogP) is 0.868. The molecule has 1 aromatic rings. The molecular weight excluding hydrogens is 356 g/mol. The summed E-state index contributed by atoms with van der Waals surface area (Å²) in [5.74, 6) is 0.201. The van der Waals surface area contributed by atoms with Crippen molar-refractivity contribution >= 4 is 25.7 Å². The van der Waals surface area contributed by atoms with Gasteiger partial charge in [0.05, 0.1) is 36.7 Å². The Kier molecular flexibility index (Phi) is 6.07. The van der Waals surface area contributed by atoms with Gasteiger partial charge in [0.1, 0.15) is 5.75 Å². The molecule has 136 valence electrons. The van der Waals surface area contributed by atoms with Crippen molar-refractivity contribution in [3.63, 3.8) is 0 Å². The van der Waals surface area contributed by atoms with Crippen molar-refractivity contribution in [2.45, 2.75) is 18.2 Å². The van der Waals surface area contributed by atoms with Crippen molar-refractivity contribution in [2.75, 3.05) is 43.9 Å². The van der Waals surface area contributed by atoms with Crippen LogP contribution in [0.5, 0.6) is 5.75 Å². The van der Waals surface area contributed by atoms with Crippen LogP contribution in [0.15, 0.2) is 23.1 Å². The van der Waals surface area contributed by atoms with Gasteiger partial charge in [-0.15, -0.1) is 0 Å². The van der Waals surface area contributed by atoms with E-state index < -0.39 is 20.0 Å². The van der Waals surface area contributed by atoms with E-state index in [0.717, 1.165) is 0 Å². The molecule has 1 N–H and O–H groups in total. The summed E-state index contributed by atoms with van der Waals surface area (Å²) in [6.45, 7) is 2.96. The van der Waals surface area contributed by atoms with Crippen LogP contribution in [-0.4, -0.2) is 60.3 Å². The number of sulfonamides is 2. The number of rotatable bonds is 7. The first-order valence-corrected chi connectivity index (χ1v) is 10.7. The summed E-state index contributed by atoms with van der Waals surface area (Å²) < 4.78 is 63.3. The largest absolute Gasteiger partial charge is 0.495 e. The van der Waals surface area contributed by atoms with E-state index in [9.17, 15) is 16.8 Å². The zero-order chi connectivity index (χ0) is 17.8. The Morgan fingerprint density at radius 3 is 2.46 bits per heavy atom. The second-order valence-corrected chi connectivity index (χ2v) is 9.08. The van der Waals surface area contributed by atoms with Gasteiger partial charge in [-0.1, -0.05) is 6.92 Å². The third-order valence-electron chi connectivity index (χ3n) is 3.52. The van der Waals surface area contributed by atoms with Gasteiger partial charge in [0.25, 0.3) is 0 Å². The summed E-state index contributed by atoms with van der Waals surface area (Å²) in [6.07, 6.45) is 0.448. The molecule has 1 fully saturated rings. The molecular formula is C14H22N2O6S2. The minimum atomic E-state index is -3.71. The first-order valence-electron chi connectivity index (χ1n) is 7.56. The maximum absolute atomic E-state index is 12.7. The Bertz CT molecular complexity index is 770. The molecule has 2 rings (SSSR count). The van der Waals surface area contributed by atoms with Crippen LogP contribution in [0.4, 0.5) is 5.69 Å². The average Bonchev–Trinajstić information content (AvgIpc) is 2.55. The van der Waals surface area contributed by atoms with E-state index in [1.807, 2.05) is 0 Å². The van der Waals surface area contributed by atoms with E-state index in [-0.39, 0.29) is 35.2 Å². The second-order valence-electron chi connectivity index (χ2n) is 5.30. The maximum Gasteiger partial charge on any atom is 0.243 e. The Balaban J connectivity index is 2.37. The van der Waals surface area contributed by atoms with Gasteiger partial charge in [0.15, 0.2) is 0 Å². The normalized spacial score (nSPS) is 16.8. The summed E-state index contributed by atoms with van der Waals surface area (Å²) >= 11 is 0. The summed E-state index contributed by atoms with van der Waals surface area (Å²) in [7, 11) is -5.89. The molecule has 0 atom stereocenters. The Labute approximate surface area is 142 Å². The van der Waals surface area contributed by atoms with Gasteiger partial charge in [0.2, 0.25) is 20.0 Å². The summed E-state index contributed by atoms with van der Waals surface area (Å²) in [5, 5.41) is 0. The highest BCUT2D eigenvalue weighted by atomic mass is 32.2. The van der Waals surface area contributed by atoms with Gasteiger partial charge in [0, 0.05) is 13.1 Å². The fourth-order valence-corrected chi connectivity index (χ4v) is 4.92. The summed E-state index contributed by atoms with van der Waals surface area (Å²) in [4.78, 5) is 0.0133. The average molecular weight is 378 g/mol. The fraction of sp³-hybridized carbons (Fsp3) is 0.571. The van der Waals surface area contributed by atoms with Gasteiger partial charge >= 0.3 is 0 Å². The topological polar surface area (TPSA) is 102 Å². The van der Waals surface area contributed by atoms with Crippen molar-refractivity contribution in [1.82, 2.24) is 4.31 Å². The lowest BCUT2D eigenvalue weighted by Gasteiger charge is -2.26. The monoisotopic (exact) mass is 378 g/mol. The lowest BCUT2D eigenvalue weighted by Crippen LogP contribution is -2.40. The molecule has 10 heteroatoms. The highest BCUT2D eigenvalue weighted by Gasteiger charge is 2.27. The highest BCUT2D eigenvalue weighted by Crippen LogP contribution is 2.30. The number of hydrogen-bond donors (Lipinski definition) is 1. The van der Waals surface area contributed by atoms with Crippen molar-refractivity contribution < 1.29 is 26.3 Å². The number of morpholine rings is 1. The first kappa shape index (κ1) is 19.0. The van der Waals surface area contributed by atoms with Gasteiger partial charge in [-0.25, -0.2) is 16.8 Å². The predicted molar refractivity (Wildman–Crippen MR) is 90.3 cm³/mol. The van der Waals surface area contributed by atoms with E-state index in [2.05, 4.69) is 4.72 Å². The van der Waals surface area contributed by atoms with Gasteiger partial charge in [-0.2, -0.15) is 4.31 Å². The van der Waals surface area contributed by atoms with Crippen LogP contribution in [0.3, 0.4) is 0 Å². The third kappa shape index (κ3) is 4.38. The summed E-state index contributed by atoms with van der Waals surface area (Å²) in [5.41, 5.74) is 0.111. The molecule has 0 saturated carbocycles. The molecule has 0 bridgehead atoms. The second kappa shape index (κ2) is 7.68. The lowest BCUT2D eigenvalue weighted by molar-refractivity contribution is 0.0730. The van der Waals surface area contributed by atoms with Gasteiger partial charge in [-0.3, -0.25) is 4.72 Å². The molecule has 0 amide bonds. The van der Waals surface area contributed by atoms with Crippen LogP contribution < -0.4 is 9.46 Å². The molecule has 1 aromatic carbocycles. The van der Waals surface area contributed by atoms with Crippen molar-refractivity contribution in [2.24, 2.45) is 0 Å². The van der Waals surface area contributed by atoms with Crippen LogP contribution in [0, 0.1) is 0 Å². The van der Waals surface area contributed by atoms with Crippen LogP contribution >= 0.6 is 0 Å². The number of nitrogens with one attached hydrogen (secondary N) is 1. The molecule has 0 aliphatic carbocycles. The zero-order valence-corrected chi connectivity index (χ0v) is 15.3. The van der Waals surface area contributed by atoms with Crippen LogP contribution in [0.25, 0.3) is 0 Å². The number of ether oxygens (including phenoxy) is 2. The molecule has 1 heterocycles. The molecule has 1 aliphatic heterocycles. The van der Waals surface area contributed by atoms with E-state index in [4.69, 9.17) is 9.47 Å². The quantitative estimate of drug-likeness (QED) is 0.755. The molecule has 0 unspecified atom stereocenters. The number of nitrogens with zero attached hydrogens (tertiary/aromatic N) is 1. The molecule has 1 saturated heterocycles. The molecule has 24 heavy (non-hydrogen) atoms. The fourth-order valence-electron chi connectivity index (χ4n) is 2.35. The molecule has 0 radical (unpaired) electrons. The SMILES string of the molecule is CCCS(=O)(=O)Nc1cc(S(=O)(=O)N2CCOCC2)ccc1OC. The molecule has 1 aliphatic rings. The minimum absolute atomic E-state index is 0.0133.